The number of hydrogen-bond acceptors (Lipinski definition) is 3. The second-order valence-corrected chi connectivity index (χ2v) is 4.16. The van der Waals surface area contributed by atoms with Gasteiger partial charge in [0.1, 0.15) is 10.8 Å². The van der Waals surface area contributed by atoms with Crippen molar-refractivity contribution >= 4 is 29.2 Å². The first-order valence-electron chi connectivity index (χ1n) is 4.89. The molecule has 0 unspecified atom stereocenters. The minimum Gasteiger partial charge on any atom is -0.478 e. The second-order valence-electron chi connectivity index (χ2n) is 3.34. The molecule has 92 valence electrons. The zero-order valence-corrected chi connectivity index (χ0v) is 10.4. The number of carboxylic acid groups (broad SMARTS) is 1. The molecule has 1 heterocycles. The fourth-order valence-electron chi connectivity index (χ4n) is 1.30. The van der Waals surface area contributed by atoms with Gasteiger partial charge in [-0.3, -0.25) is 0 Å². The van der Waals surface area contributed by atoms with Crippen molar-refractivity contribution in [3.05, 3.63) is 52.1 Å². The number of ether oxygens (including phenoxy) is 1. The number of rotatable bonds is 3. The normalized spacial score (nSPS) is 10.1. The van der Waals surface area contributed by atoms with Gasteiger partial charge < -0.3 is 9.84 Å². The van der Waals surface area contributed by atoms with Crippen molar-refractivity contribution < 1.29 is 14.6 Å². The lowest BCUT2D eigenvalue weighted by molar-refractivity contribution is 0.0696. The summed E-state index contributed by atoms with van der Waals surface area (Å²) in [5.41, 5.74) is -0.0660. The quantitative estimate of drug-likeness (QED) is 0.929. The third-order valence-electron chi connectivity index (χ3n) is 2.10. The first-order valence-corrected chi connectivity index (χ1v) is 5.65. The Kier molecular flexibility index (Phi) is 3.69. The molecule has 0 saturated carbocycles. The number of benzene rings is 1. The van der Waals surface area contributed by atoms with Crippen LogP contribution < -0.4 is 4.74 Å². The lowest BCUT2D eigenvalue weighted by Gasteiger charge is -2.07. The Hall–Kier alpha value is -1.78. The van der Waals surface area contributed by atoms with Gasteiger partial charge in [-0.2, -0.15) is 0 Å². The van der Waals surface area contributed by atoms with Crippen LogP contribution in [-0.4, -0.2) is 16.1 Å². The van der Waals surface area contributed by atoms with E-state index in [9.17, 15) is 4.79 Å². The van der Waals surface area contributed by atoms with Gasteiger partial charge in [0.25, 0.3) is 0 Å². The summed E-state index contributed by atoms with van der Waals surface area (Å²) in [4.78, 5) is 14.8. The summed E-state index contributed by atoms with van der Waals surface area (Å²) in [7, 11) is 0. The minimum absolute atomic E-state index is 0.0267. The first-order chi connectivity index (χ1) is 8.58. The van der Waals surface area contributed by atoms with Gasteiger partial charge in [-0.1, -0.05) is 29.3 Å². The lowest BCUT2D eigenvalue weighted by atomic mass is 10.2. The highest BCUT2D eigenvalue weighted by molar-refractivity contribution is 6.34. The third kappa shape index (κ3) is 2.72. The van der Waals surface area contributed by atoms with Gasteiger partial charge in [-0.25, -0.2) is 9.78 Å². The Balaban J connectivity index is 2.35. The fraction of sp³-hybridized carbons (Fsp3) is 0. The second kappa shape index (κ2) is 5.25. The van der Waals surface area contributed by atoms with Crippen LogP contribution in [0.15, 0.2) is 36.5 Å². The molecule has 0 fully saturated rings. The Labute approximate surface area is 113 Å². The van der Waals surface area contributed by atoms with Crippen LogP contribution >= 0.6 is 23.2 Å². The molecule has 0 radical (unpaired) electrons. The number of nitrogens with zero attached hydrogens (tertiary/aromatic N) is 1. The van der Waals surface area contributed by atoms with E-state index in [-0.39, 0.29) is 16.5 Å². The topological polar surface area (TPSA) is 59.4 Å². The van der Waals surface area contributed by atoms with Gasteiger partial charge in [0.15, 0.2) is 0 Å². The summed E-state index contributed by atoms with van der Waals surface area (Å²) >= 11 is 11.7. The fourth-order valence-corrected chi connectivity index (χ4v) is 1.71. The summed E-state index contributed by atoms with van der Waals surface area (Å²) in [5.74, 6) is -0.684. The van der Waals surface area contributed by atoms with Crippen molar-refractivity contribution in [1.29, 1.82) is 0 Å². The van der Waals surface area contributed by atoms with Gasteiger partial charge in [0.05, 0.1) is 5.56 Å². The summed E-state index contributed by atoms with van der Waals surface area (Å²) in [6, 6.07) is 7.93. The van der Waals surface area contributed by atoms with Gasteiger partial charge in [-0.15, -0.1) is 0 Å². The van der Waals surface area contributed by atoms with Crippen molar-refractivity contribution in [2.75, 3.05) is 0 Å². The SMILES string of the molecule is O=C(O)c1ccnc(Oc2cccc(Cl)c2)c1Cl. The van der Waals surface area contributed by atoms with Crippen LogP contribution in [0.1, 0.15) is 10.4 Å². The zero-order valence-electron chi connectivity index (χ0n) is 8.93. The monoisotopic (exact) mass is 283 g/mol. The van der Waals surface area contributed by atoms with Gasteiger partial charge in [-0.05, 0) is 24.3 Å². The molecule has 0 aliphatic heterocycles. The molecular weight excluding hydrogens is 277 g/mol. The van der Waals surface area contributed by atoms with E-state index in [0.29, 0.717) is 10.8 Å². The molecule has 0 saturated heterocycles. The summed E-state index contributed by atoms with van der Waals surface area (Å²) < 4.78 is 5.39. The molecule has 0 atom stereocenters. The van der Waals surface area contributed by atoms with Gasteiger partial charge >= 0.3 is 5.97 Å². The van der Waals surface area contributed by atoms with E-state index in [0.717, 1.165) is 0 Å². The average molecular weight is 284 g/mol. The van der Waals surface area contributed by atoms with Crippen molar-refractivity contribution in [1.82, 2.24) is 4.98 Å². The number of aromatic carboxylic acids is 1. The molecule has 0 spiro atoms. The van der Waals surface area contributed by atoms with E-state index < -0.39 is 5.97 Å². The van der Waals surface area contributed by atoms with Crippen LogP contribution in [0.5, 0.6) is 11.6 Å². The highest BCUT2D eigenvalue weighted by atomic mass is 35.5. The Bertz CT molecular complexity index is 602. The van der Waals surface area contributed by atoms with Gasteiger partial charge in [0.2, 0.25) is 5.88 Å². The van der Waals surface area contributed by atoms with Crippen LogP contribution in [0.25, 0.3) is 0 Å². The van der Waals surface area contributed by atoms with Crippen LogP contribution in [0.2, 0.25) is 10.0 Å². The molecule has 4 nitrogen and oxygen atoms in total. The molecule has 18 heavy (non-hydrogen) atoms. The van der Waals surface area contributed by atoms with E-state index in [2.05, 4.69) is 4.98 Å². The van der Waals surface area contributed by atoms with E-state index in [1.807, 2.05) is 0 Å². The molecule has 0 aliphatic carbocycles. The van der Waals surface area contributed by atoms with E-state index in [4.69, 9.17) is 33.0 Å². The van der Waals surface area contributed by atoms with Crippen LogP contribution in [0, 0.1) is 0 Å². The molecule has 0 aliphatic rings. The van der Waals surface area contributed by atoms with E-state index >= 15 is 0 Å². The average Bonchev–Trinajstić information content (AvgIpc) is 2.31. The number of halogens is 2. The molecular formula is C12H7Cl2NO3. The number of carbonyl (C=O) groups is 1. The van der Waals surface area contributed by atoms with Crippen molar-refractivity contribution in [3.8, 4) is 11.6 Å². The van der Waals surface area contributed by atoms with Gasteiger partial charge in [0, 0.05) is 11.2 Å². The minimum atomic E-state index is -1.14. The number of carboxylic acids is 1. The smallest absolute Gasteiger partial charge is 0.337 e. The lowest BCUT2D eigenvalue weighted by Crippen LogP contribution is -2.00. The maximum Gasteiger partial charge on any atom is 0.337 e. The Morgan fingerprint density at radius 3 is 2.72 bits per heavy atom. The summed E-state index contributed by atoms with van der Waals surface area (Å²) in [6.45, 7) is 0. The third-order valence-corrected chi connectivity index (χ3v) is 2.70. The molecule has 0 bridgehead atoms. The predicted molar refractivity (Wildman–Crippen MR) is 67.7 cm³/mol. The Morgan fingerprint density at radius 1 is 1.28 bits per heavy atom. The Morgan fingerprint density at radius 2 is 2.06 bits per heavy atom. The van der Waals surface area contributed by atoms with E-state index in [1.165, 1.54) is 12.3 Å². The van der Waals surface area contributed by atoms with Crippen LogP contribution in [-0.2, 0) is 0 Å². The maximum atomic E-state index is 10.9. The standard InChI is InChI=1S/C12H7Cl2NO3/c13-7-2-1-3-8(6-7)18-11-10(14)9(12(16)17)4-5-15-11/h1-6H,(H,16,17). The number of aromatic nitrogens is 1. The molecule has 0 amide bonds. The molecule has 1 aromatic carbocycles. The van der Waals surface area contributed by atoms with Crippen molar-refractivity contribution in [2.24, 2.45) is 0 Å². The highest BCUT2D eigenvalue weighted by Gasteiger charge is 2.14. The first kappa shape index (κ1) is 12.7. The summed E-state index contributed by atoms with van der Waals surface area (Å²) in [6.07, 6.45) is 1.31. The van der Waals surface area contributed by atoms with Crippen molar-refractivity contribution in [3.63, 3.8) is 0 Å². The van der Waals surface area contributed by atoms with Crippen molar-refractivity contribution in [2.45, 2.75) is 0 Å². The predicted octanol–water partition coefficient (Wildman–Crippen LogP) is 3.88. The largest absolute Gasteiger partial charge is 0.478 e. The van der Waals surface area contributed by atoms with E-state index in [1.54, 1.807) is 24.3 Å². The summed E-state index contributed by atoms with van der Waals surface area (Å²) in [5, 5.41) is 9.36. The maximum absolute atomic E-state index is 10.9. The highest BCUT2D eigenvalue weighted by Crippen LogP contribution is 2.30. The molecule has 6 heteroatoms. The molecule has 1 aromatic heterocycles. The molecule has 1 N–H and O–H groups in total. The number of hydrogen-bond donors (Lipinski definition) is 1. The van der Waals surface area contributed by atoms with Crippen LogP contribution in [0.3, 0.4) is 0 Å². The van der Waals surface area contributed by atoms with Crippen LogP contribution in [0.4, 0.5) is 0 Å². The number of pyridine rings is 1. The molecule has 2 aromatic rings. The molecule has 2 rings (SSSR count). The zero-order chi connectivity index (χ0) is 13.1.